The van der Waals surface area contributed by atoms with Crippen LogP contribution in [0.4, 0.5) is 0 Å². The lowest BCUT2D eigenvalue weighted by molar-refractivity contribution is -0.142. The summed E-state index contributed by atoms with van der Waals surface area (Å²) in [5, 5.41) is 2.97. The van der Waals surface area contributed by atoms with Crippen LogP contribution in [0, 0.1) is 5.92 Å². The van der Waals surface area contributed by atoms with E-state index in [1.807, 2.05) is 18.7 Å². The van der Waals surface area contributed by atoms with E-state index in [2.05, 4.69) is 12.2 Å². The highest BCUT2D eigenvalue weighted by molar-refractivity contribution is 5.93. The molecule has 1 heterocycles. The van der Waals surface area contributed by atoms with Gasteiger partial charge in [-0.05, 0) is 38.5 Å². The highest BCUT2D eigenvalue weighted by atomic mass is 16.2. The van der Waals surface area contributed by atoms with Gasteiger partial charge >= 0.3 is 0 Å². The predicted molar refractivity (Wildman–Crippen MR) is 74.6 cm³/mol. The Kier molecular flexibility index (Phi) is 4.16. The predicted octanol–water partition coefficient (Wildman–Crippen LogP) is 2.08. The Hall–Kier alpha value is -1.06. The zero-order chi connectivity index (χ0) is 14.0. The molecular weight excluding hydrogens is 240 g/mol. The average Bonchev–Trinajstić information content (AvgIpc) is 2.45. The normalized spacial score (nSPS) is 25.5. The van der Waals surface area contributed by atoms with Crippen LogP contribution in [0.25, 0.3) is 0 Å². The molecule has 2 aliphatic rings. The van der Waals surface area contributed by atoms with Crippen LogP contribution in [-0.2, 0) is 9.59 Å². The van der Waals surface area contributed by atoms with Crippen molar-refractivity contribution in [3.63, 3.8) is 0 Å². The average molecular weight is 266 g/mol. The van der Waals surface area contributed by atoms with E-state index in [-0.39, 0.29) is 17.9 Å². The van der Waals surface area contributed by atoms with Gasteiger partial charge < -0.3 is 10.2 Å². The number of hydrogen-bond donors (Lipinski definition) is 1. The highest BCUT2D eigenvalue weighted by Gasteiger charge is 2.44. The summed E-state index contributed by atoms with van der Waals surface area (Å²) in [6, 6.07) is 0.270. The Balaban J connectivity index is 2.22. The zero-order valence-corrected chi connectivity index (χ0v) is 12.4. The lowest BCUT2D eigenvalue weighted by atomic mass is 9.79. The largest absolute Gasteiger partial charge is 0.342 e. The number of rotatable bonds is 4. The number of hydrogen-bond acceptors (Lipinski definition) is 2. The van der Waals surface area contributed by atoms with E-state index in [1.165, 1.54) is 19.3 Å². The van der Waals surface area contributed by atoms with E-state index >= 15 is 0 Å². The van der Waals surface area contributed by atoms with Crippen LogP contribution in [0.5, 0.6) is 0 Å². The molecule has 19 heavy (non-hydrogen) atoms. The molecule has 1 aliphatic carbocycles. The second kappa shape index (κ2) is 5.51. The van der Waals surface area contributed by atoms with Crippen LogP contribution in [0.1, 0.15) is 59.3 Å². The molecule has 2 amide bonds. The maximum Gasteiger partial charge on any atom is 0.248 e. The summed E-state index contributed by atoms with van der Waals surface area (Å²) in [5.41, 5.74) is -0.675. The Morgan fingerprint density at radius 1 is 1.32 bits per heavy atom. The van der Waals surface area contributed by atoms with Gasteiger partial charge in [0, 0.05) is 19.0 Å². The minimum atomic E-state index is -0.675. The lowest BCUT2D eigenvalue weighted by Crippen LogP contribution is -2.59. The molecule has 4 heteroatoms. The Morgan fingerprint density at radius 2 is 1.95 bits per heavy atom. The first kappa shape index (κ1) is 14.4. The number of carbonyl (C=O) groups excluding carboxylic acids is 2. The van der Waals surface area contributed by atoms with Gasteiger partial charge in [-0.25, -0.2) is 0 Å². The van der Waals surface area contributed by atoms with Crippen molar-refractivity contribution in [1.82, 2.24) is 10.2 Å². The topological polar surface area (TPSA) is 49.4 Å². The Bertz CT molecular complexity index is 359. The SMILES string of the molecule is CCC1(CC)NC(=O)CCN(C(C)C2CCC2)C1=O. The van der Waals surface area contributed by atoms with Crippen molar-refractivity contribution in [2.24, 2.45) is 5.92 Å². The van der Waals surface area contributed by atoms with Gasteiger partial charge in [0.15, 0.2) is 0 Å². The van der Waals surface area contributed by atoms with Crippen molar-refractivity contribution < 1.29 is 9.59 Å². The molecule has 0 aromatic heterocycles. The minimum absolute atomic E-state index is 0.0142. The quantitative estimate of drug-likeness (QED) is 0.847. The van der Waals surface area contributed by atoms with Gasteiger partial charge in [-0.2, -0.15) is 0 Å². The van der Waals surface area contributed by atoms with Crippen LogP contribution in [0.3, 0.4) is 0 Å². The first-order chi connectivity index (χ1) is 9.04. The third kappa shape index (κ3) is 2.49. The molecule has 1 saturated carbocycles. The van der Waals surface area contributed by atoms with Crippen molar-refractivity contribution in [2.45, 2.75) is 70.9 Å². The van der Waals surface area contributed by atoms with E-state index in [0.717, 1.165) is 0 Å². The van der Waals surface area contributed by atoms with E-state index in [9.17, 15) is 9.59 Å². The van der Waals surface area contributed by atoms with E-state index in [1.54, 1.807) is 0 Å². The fourth-order valence-electron chi connectivity index (χ4n) is 3.28. The molecule has 0 aromatic rings. The standard InChI is InChI=1S/C15H26N2O2/c1-4-15(5-2)14(19)17(10-9-13(18)16-15)11(3)12-7-6-8-12/h11-12H,4-10H2,1-3H3,(H,16,18). The third-order valence-electron chi connectivity index (χ3n) is 5.16. The highest BCUT2D eigenvalue weighted by Crippen LogP contribution is 2.34. The molecule has 2 fully saturated rings. The molecule has 108 valence electrons. The molecule has 1 aliphatic heterocycles. The molecule has 0 radical (unpaired) electrons. The zero-order valence-electron chi connectivity index (χ0n) is 12.4. The van der Waals surface area contributed by atoms with Crippen molar-refractivity contribution in [1.29, 1.82) is 0 Å². The third-order valence-corrected chi connectivity index (χ3v) is 5.16. The van der Waals surface area contributed by atoms with Crippen LogP contribution in [0.15, 0.2) is 0 Å². The summed E-state index contributed by atoms with van der Waals surface area (Å²) in [6.07, 6.45) is 5.49. The summed E-state index contributed by atoms with van der Waals surface area (Å²) in [4.78, 5) is 26.7. The molecule has 1 atom stereocenters. The van der Waals surface area contributed by atoms with Gasteiger partial charge in [0.25, 0.3) is 0 Å². The summed E-state index contributed by atoms with van der Waals surface area (Å²) < 4.78 is 0. The van der Waals surface area contributed by atoms with Gasteiger partial charge in [0.1, 0.15) is 5.54 Å². The second-order valence-electron chi connectivity index (χ2n) is 6.02. The molecule has 0 aromatic carbocycles. The maximum absolute atomic E-state index is 12.9. The van der Waals surface area contributed by atoms with Crippen molar-refractivity contribution in [3.8, 4) is 0 Å². The van der Waals surface area contributed by atoms with E-state index in [0.29, 0.717) is 31.7 Å². The van der Waals surface area contributed by atoms with Crippen LogP contribution < -0.4 is 5.32 Å². The monoisotopic (exact) mass is 266 g/mol. The number of carbonyl (C=O) groups is 2. The first-order valence-electron chi connectivity index (χ1n) is 7.66. The summed E-state index contributed by atoms with van der Waals surface area (Å²) in [6.45, 7) is 6.69. The van der Waals surface area contributed by atoms with Crippen LogP contribution in [-0.4, -0.2) is 34.8 Å². The number of nitrogens with zero attached hydrogens (tertiary/aromatic N) is 1. The van der Waals surface area contributed by atoms with Crippen molar-refractivity contribution in [3.05, 3.63) is 0 Å². The lowest BCUT2D eigenvalue weighted by Gasteiger charge is -2.42. The first-order valence-corrected chi connectivity index (χ1v) is 7.66. The number of nitrogens with one attached hydrogen (secondary N) is 1. The summed E-state index contributed by atoms with van der Waals surface area (Å²) in [5.74, 6) is 0.770. The maximum atomic E-state index is 12.9. The van der Waals surface area contributed by atoms with Gasteiger partial charge in [-0.3, -0.25) is 9.59 Å². The van der Waals surface area contributed by atoms with Crippen LogP contribution in [0.2, 0.25) is 0 Å². The molecular formula is C15H26N2O2. The fourth-order valence-corrected chi connectivity index (χ4v) is 3.28. The van der Waals surface area contributed by atoms with Gasteiger partial charge in [-0.1, -0.05) is 20.3 Å². The molecule has 0 spiro atoms. The second-order valence-corrected chi connectivity index (χ2v) is 6.02. The summed E-state index contributed by atoms with van der Waals surface area (Å²) in [7, 11) is 0. The van der Waals surface area contributed by atoms with Crippen LogP contribution >= 0.6 is 0 Å². The number of amides is 2. The minimum Gasteiger partial charge on any atom is -0.342 e. The molecule has 4 nitrogen and oxygen atoms in total. The van der Waals surface area contributed by atoms with Crippen molar-refractivity contribution in [2.75, 3.05) is 6.54 Å². The smallest absolute Gasteiger partial charge is 0.248 e. The molecule has 2 rings (SSSR count). The molecule has 1 unspecified atom stereocenters. The fraction of sp³-hybridized carbons (Fsp3) is 0.867. The Labute approximate surface area is 115 Å². The van der Waals surface area contributed by atoms with Crippen molar-refractivity contribution >= 4 is 11.8 Å². The summed E-state index contributed by atoms with van der Waals surface area (Å²) >= 11 is 0. The van der Waals surface area contributed by atoms with Gasteiger partial charge in [-0.15, -0.1) is 0 Å². The molecule has 1 N–H and O–H groups in total. The van der Waals surface area contributed by atoms with E-state index in [4.69, 9.17) is 0 Å². The van der Waals surface area contributed by atoms with Gasteiger partial charge in [0.05, 0.1) is 0 Å². The molecule has 1 saturated heterocycles. The Morgan fingerprint density at radius 3 is 2.42 bits per heavy atom. The van der Waals surface area contributed by atoms with Gasteiger partial charge in [0.2, 0.25) is 11.8 Å². The molecule has 0 bridgehead atoms. The van der Waals surface area contributed by atoms with E-state index < -0.39 is 5.54 Å².